The summed E-state index contributed by atoms with van der Waals surface area (Å²) in [5, 5.41) is 3.23. The number of hydrogen-bond donors (Lipinski definition) is 1. The Labute approximate surface area is 94.3 Å². The van der Waals surface area contributed by atoms with Crippen LogP contribution in [0.15, 0.2) is 18.2 Å². The lowest BCUT2D eigenvalue weighted by Crippen LogP contribution is -2.44. The summed E-state index contributed by atoms with van der Waals surface area (Å²) in [7, 11) is 0. The molecule has 0 bridgehead atoms. The van der Waals surface area contributed by atoms with E-state index in [4.69, 9.17) is 0 Å². The molecule has 1 aromatic rings. The first-order chi connectivity index (χ1) is 7.68. The molecule has 4 heteroatoms. The normalized spacial score (nSPS) is 16.2. The van der Waals surface area contributed by atoms with Gasteiger partial charge in [-0.2, -0.15) is 0 Å². The van der Waals surface area contributed by atoms with Gasteiger partial charge in [0.2, 0.25) is 0 Å². The summed E-state index contributed by atoms with van der Waals surface area (Å²) < 4.78 is 13.2. The molecule has 0 spiro atoms. The minimum Gasteiger partial charge on any atom is -0.368 e. The molecule has 1 N–H and O–H groups in total. The lowest BCUT2D eigenvalue weighted by Gasteiger charge is -2.30. The average molecular weight is 222 g/mol. The van der Waals surface area contributed by atoms with Gasteiger partial charge in [-0.3, -0.25) is 4.79 Å². The number of nitrogens with zero attached hydrogens (tertiary/aromatic N) is 1. The number of piperazine rings is 1. The highest BCUT2D eigenvalue weighted by molar-refractivity contribution is 5.99. The largest absolute Gasteiger partial charge is 0.368 e. The van der Waals surface area contributed by atoms with Crippen molar-refractivity contribution in [3.63, 3.8) is 0 Å². The van der Waals surface area contributed by atoms with E-state index < -0.39 is 0 Å². The van der Waals surface area contributed by atoms with Crippen molar-refractivity contribution in [1.82, 2.24) is 5.32 Å². The Bertz CT molecular complexity index is 400. The summed E-state index contributed by atoms with van der Waals surface area (Å²) in [6.07, 6.45) is 0. The maximum absolute atomic E-state index is 13.2. The molecule has 0 amide bonds. The molecule has 0 atom stereocenters. The van der Waals surface area contributed by atoms with Crippen LogP contribution >= 0.6 is 0 Å². The van der Waals surface area contributed by atoms with Gasteiger partial charge in [0.1, 0.15) is 5.82 Å². The molecule has 1 aliphatic heterocycles. The second-order valence-corrected chi connectivity index (χ2v) is 3.95. The Balaban J connectivity index is 2.36. The molecule has 16 heavy (non-hydrogen) atoms. The van der Waals surface area contributed by atoms with Crippen LogP contribution in [0.3, 0.4) is 0 Å². The summed E-state index contributed by atoms with van der Waals surface area (Å²) in [5.41, 5.74) is 1.32. The van der Waals surface area contributed by atoms with Crippen LogP contribution in [0.4, 0.5) is 10.1 Å². The molecule has 2 rings (SSSR count). The predicted octanol–water partition coefficient (Wildman–Crippen LogP) is 1.44. The number of ketones is 1. The zero-order valence-electron chi connectivity index (χ0n) is 9.29. The number of halogens is 1. The Kier molecular flexibility index (Phi) is 3.19. The van der Waals surface area contributed by atoms with Crippen LogP contribution < -0.4 is 10.2 Å². The third kappa shape index (κ3) is 2.22. The number of Topliss-reactive ketones (excluding diaryl/α,β-unsaturated/α-hetero) is 1. The Morgan fingerprint density at radius 2 is 2.06 bits per heavy atom. The first-order valence-corrected chi connectivity index (χ1v) is 5.44. The summed E-state index contributed by atoms with van der Waals surface area (Å²) in [4.78, 5) is 13.5. The molecule has 0 radical (unpaired) electrons. The van der Waals surface area contributed by atoms with E-state index in [1.165, 1.54) is 19.1 Å². The number of nitrogens with one attached hydrogen (secondary N) is 1. The fraction of sp³-hybridized carbons (Fsp3) is 0.417. The topological polar surface area (TPSA) is 32.3 Å². The summed E-state index contributed by atoms with van der Waals surface area (Å²) >= 11 is 0. The van der Waals surface area contributed by atoms with Crippen molar-refractivity contribution in [1.29, 1.82) is 0 Å². The van der Waals surface area contributed by atoms with Crippen LogP contribution in [0.1, 0.15) is 17.3 Å². The van der Waals surface area contributed by atoms with E-state index in [1.807, 2.05) is 0 Å². The van der Waals surface area contributed by atoms with Gasteiger partial charge in [-0.25, -0.2) is 4.39 Å². The SMILES string of the molecule is CC(=O)c1ccc(F)cc1N1CCNCC1. The van der Waals surface area contributed by atoms with E-state index in [1.54, 1.807) is 6.07 Å². The maximum atomic E-state index is 13.2. The fourth-order valence-corrected chi connectivity index (χ4v) is 1.97. The number of carbonyl (C=O) groups is 1. The molecule has 3 nitrogen and oxygen atoms in total. The van der Waals surface area contributed by atoms with E-state index >= 15 is 0 Å². The van der Waals surface area contributed by atoms with E-state index in [0.717, 1.165) is 26.2 Å². The van der Waals surface area contributed by atoms with Crippen LogP contribution in [0, 0.1) is 5.82 Å². The Morgan fingerprint density at radius 3 is 2.69 bits per heavy atom. The van der Waals surface area contributed by atoms with E-state index in [2.05, 4.69) is 10.2 Å². The van der Waals surface area contributed by atoms with Gasteiger partial charge < -0.3 is 10.2 Å². The summed E-state index contributed by atoms with van der Waals surface area (Å²) in [5.74, 6) is -0.313. The van der Waals surface area contributed by atoms with Gasteiger partial charge >= 0.3 is 0 Å². The molecule has 0 unspecified atom stereocenters. The molecule has 1 aliphatic rings. The van der Waals surface area contributed by atoms with Gasteiger partial charge in [0.25, 0.3) is 0 Å². The summed E-state index contributed by atoms with van der Waals surface area (Å²) in [6, 6.07) is 4.35. The van der Waals surface area contributed by atoms with Crippen LogP contribution in [0.5, 0.6) is 0 Å². The Morgan fingerprint density at radius 1 is 1.38 bits per heavy atom. The van der Waals surface area contributed by atoms with Crippen LogP contribution in [-0.4, -0.2) is 32.0 Å². The first kappa shape index (κ1) is 11.1. The molecule has 1 saturated heterocycles. The number of benzene rings is 1. The minimum atomic E-state index is -0.293. The molecule has 0 aromatic heterocycles. The number of rotatable bonds is 2. The Hall–Kier alpha value is -1.42. The molecule has 1 fully saturated rings. The average Bonchev–Trinajstić information content (AvgIpc) is 2.29. The summed E-state index contributed by atoms with van der Waals surface area (Å²) in [6.45, 7) is 4.87. The second kappa shape index (κ2) is 4.61. The van der Waals surface area contributed by atoms with Gasteiger partial charge in [0, 0.05) is 31.7 Å². The van der Waals surface area contributed by atoms with Gasteiger partial charge in [-0.1, -0.05) is 0 Å². The highest BCUT2D eigenvalue weighted by atomic mass is 19.1. The fourth-order valence-electron chi connectivity index (χ4n) is 1.97. The zero-order valence-corrected chi connectivity index (χ0v) is 9.29. The molecular formula is C12H15FN2O. The smallest absolute Gasteiger partial charge is 0.161 e. The maximum Gasteiger partial charge on any atom is 0.161 e. The van der Waals surface area contributed by atoms with Gasteiger partial charge in [-0.05, 0) is 25.1 Å². The van der Waals surface area contributed by atoms with Crippen molar-refractivity contribution in [2.75, 3.05) is 31.1 Å². The monoisotopic (exact) mass is 222 g/mol. The molecule has 1 aromatic carbocycles. The van der Waals surface area contributed by atoms with Crippen molar-refractivity contribution in [3.05, 3.63) is 29.6 Å². The second-order valence-electron chi connectivity index (χ2n) is 3.95. The molecule has 0 aliphatic carbocycles. The van der Waals surface area contributed by atoms with Gasteiger partial charge in [0.15, 0.2) is 5.78 Å². The zero-order chi connectivity index (χ0) is 11.5. The molecule has 0 saturated carbocycles. The highest BCUT2D eigenvalue weighted by Gasteiger charge is 2.16. The lowest BCUT2D eigenvalue weighted by atomic mass is 10.1. The predicted molar refractivity (Wildman–Crippen MR) is 61.5 cm³/mol. The van der Waals surface area contributed by atoms with E-state index in [-0.39, 0.29) is 11.6 Å². The van der Waals surface area contributed by atoms with Crippen molar-refractivity contribution in [2.24, 2.45) is 0 Å². The van der Waals surface area contributed by atoms with Crippen molar-refractivity contribution < 1.29 is 9.18 Å². The van der Waals surface area contributed by atoms with Crippen LogP contribution in [0.2, 0.25) is 0 Å². The van der Waals surface area contributed by atoms with Crippen molar-refractivity contribution >= 4 is 11.5 Å². The quantitative estimate of drug-likeness (QED) is 0.768. The number of anilines is 1. The van der Waals surface area contributed by atoms with Crippen LogP contribution in [0.25, 0.3) is 0 Å². The third-order valence-electron chi connectivity index (χ3n) is 2.80. The third-order valence-corrected chi connectivity index (χ3v) is 2.80. The number of hydrogen-bond acceptors (Lipinski definition) is 3. The van der Waals surface area contributed by atoms with Gasteiger partial charge in [0.05, 0.1) is 5.69 Å². The minimum absolute atomic E-state index is 0.0199. The van der Waals surface area contributed by atoms with Crippen molar-refractivity contribution in [2.45, 2.75) is 6.92 Å². The standard InChI is InChI=1S/C12H15FN2O/c1-9(16)11-3-2-10(13)8-12(11)15-6-4-14-5-7-15/h2-3,8,14H,4-7H2,1H3. The van der Waals surface area contributed by atoms with E-state index in [0.29, 0.717) is 11.3 Å². The van der Waals surface area contributed by atoms with Gasteiger partial charge in [-0.15, -0.1) is 0 Å². The first-order valence-electron chi connectivity index (χ1n) is 5.44. The van der Waals surface area contributed by atoms with E-state index in [9.17, 15) is 9.18 Å². The molecule has 86 valence electrons. The highest BCUT2D eigenvalue weighted by Crippen LogP contribution is 2.22. The molecule has 1 heterocycles. The lowest BCUT2D eigenvalue weighted by molar-refractivity contribution is 0.101. The molecular weight excluding hydrogens is 207 g/mol. The number of carbonyl (C=O) groups excluding carboxylic acids is 1. The van der Waals surface area contributed by atoms with Crippen LogP contribution in [-0.2, 0) is 0 Å². The van der Waals surface area contributed by atoms with Crippen molar-refractivity contribution in [3.8, 4) is 0 Å².